The number of rotatable bonds is 6. The fourth-order valence-corrected chi connectivity index (χ4v) is 3.91. The van der Waals surface area contributed by atoms with Crippen molar-refractivity contribution in [3.8, 4) is 0 Å². The molecule has 2 aromatic heterocycles. The molecule has 1 unspecified atom stereocenters. The lowest BCUT2D eigenvalue weighted by Gasteiger charge is -2.12. The molecule has 3 aromatic rings. The number of hydrogen-bond acceptors (Lipinski definition) is 4. The van der Waals surface area contributed by atoms with Gasteiger partial charge in [-0.25, -0.2) is 14.2 Å². The average Bonchev–Trinajstić information content (AvgIpc) is 3.01. The monoisotopic (exact) mass is 376 g/mol. The Balaban J connectivity index is 1.69. The lowest BCUT2D eigenvalue weighted by molar-refractivity contribution is 0.594. The van der Waals surface area contributed by atoms with E-state index in [0.29, 0.717) is 24.1 Å². The zero-order valence-corrected chi connectivity index (χ0v) is 15.8. The van der Waals surface area contributed by atoms with Crippen LogP contribution < -0.4 is 11.2 Å². The van der Waals surface area contributed by atoms with E-state index in [4.69, 9.17) is 0 Å². The SMILES string of the molecule is CC(SCCCn1c(=O)c2c(ncn2C)n(C)c1=O)c1ccc(F)cc1. The molecule has 1 atom stereocenters. The van der Waals surface area contributed by atoms with E-state index in [1.165, 1.54) is 27.6 Å². The Hall–Kier alpha value is -2.35. The van der Waals surface area contributed by atoms with Crippen LogP contribution in [0.1, 0.15) is 24.2 Å². The van der Waals surface area contributed by atoms with Crippen LogP contribution in [0.25, 0.3) is 11.2 Å². The molecule has 0 aliphatic carbocycles. The van der Waals surface area contributed by atoms with Crippen LogP contribution in [0.5, 0.6) is 0 Å². The first-order chi connectivity index (χ1) is 12.4. The van der Waals surface area contributed by atoms with Crippen molar-refractivity contribution < 1.29 is 4.39 Å². The molecule has 0 amide bonds. The van der Waals surface area contributed by atoms with Crippen LogP contribution in [-0.2, 0) is 20.6 Å². The molecule has 0 fully saturated rings. The summed E-state index contributed by atoms with van der Waals surface area (Å²) in [5, 5.41) is 0.217. The maximum absolute atomic E-state index is 13.0. The highest BCUT2D eigenvalue weighted by molar-refractivity contribution is 7.99. The summed E-state index contributed by atoms with van der Waals surface area (Å²) in [5.74, 6) is 0.545. The van der Waals surface area contributed by atoms with E-state index in [9.17, 15) is 14.0 Å². The van der Waals surface area contributed by atoms with Gasteiger partial charge in [0.2, 0.25) is 0 Å². The van der Waals surface area contributed by atoms with E-state index in [-0.39, 0.29) is 22.3 Å². The van der Waals surface area contributed by atoms with Gasteiger partial charge in [-0.15, -0.1) is 0 Å². The summed E-state index contributed by atoms with van der Waals surface area (Å²) >= 11 is 1.71. The Morgan fingerprint density at radius 3 is 2.58 bits per heavy atom. The zero-order valence-electron chi connectivity index (χ0n) is 15.0. The van der Waals surface area contributed by atoms with Gasteiger partial charge in [-0.3, -0.25) is 13.9 Å². The van der Waals surface area contributed by atoms with Gasteiger partial charge in [-0.2, -0.15) is 11.8 Å². The van der Waals surface area contributed by atoms with Gasteiger partial charge in [0, 0.05) is 25.9 Å². The molecule has 0 radical (unpaired) electrons. The van der Waals surface area contributed by atoms with Gasteiger partial charge in [0.15, 0.2) is 11.2 Å². The number of thioether (sulfide) groups is 1. The molecule has 0 aliphatic rings. The third-order valence-corrected chi connectivity index (χ3v) is 5.73. The van der Waals surface area contributed by atoms with Crippen molar-refractivity contribution in [1.29, 1.82) is 0 Å². The van der Waals surface area contributed by atoms with Gasteiger partial charge < -0.3 is 4.57 Å². The number of aryl methyl sites for hydroxylation is 2. The zero-order chi connectivity index (χ0) is 18.8. The summed E-state index contributed by atoms with van der Waals surface area (Å²) in [5.41, 5.74) is 1.23. The third-order valence-electron chi connectivity index (χ3n) is 4.43. The topological polar surface area (TPSA) is 61.8 Å². The van der Waals surface area contributed by atoms with Crippen LogP contribution in [0.3, 0.4) is 0 Å². The van der Waals surface area contributed by atoms with E-state index in [2.05, 4.69) is 11.9 Å². The summed E-state index contributed by atoms with van der Waals surface area (Å²) in [6, 6.07) is 6.48. The Labute approximate surface area is 154 Å². The molecule has 8 heteroatoms. The van der Waals surface area contributed by atoms with Crippen LogP contribution in [-0.4, -0.2) is 24.4 Å². The first kappa shape index (κ1) is 18.4. The van der Waals surface area contributed by atoms with Crippen molar-refractivity contribution in [3.05, 3.63) is 62.8 Å². The van der Waals surface area contributed by atoms with E-state index >= 15 is 0 Å². The Kier molecular flexibility index (Phi) is 5.31. The Morgan fingerprint density at radius 1 is 1.19 bits per heavy atom. The largest absolute Gasteiger partial charge is 0.332 e. The van der Waals surface area contributed by atoms with Crippen LogP contribution in [0.2, 0.25) is 0 Å². The van der Waals surface area contributed by atoms with E-state index < -0.39 is 0 Å². The van der Waals surface area contributed by atoms with Crippen LogP contribution in [0.4, 0.5) is 4.39 Å². The Bertz CT molecular complexity index is 1040. The summed E-state index contributed by atoms with van der Waals surface area (Å²) in [6.45, 7) is 2.42. The second kappa shape index (κ2) is 7.49. The molecule has 26 heavy (non-hydrogen) atoms. The molecule has 1 aromatic carbocycles. The van der Waals surface area contributed by atoms with Crippen LogP contribution in [0.15, 0.2) is 40.2 Å². The van der Waals surface area contributed by atoms with Gasteiger partial charge in [0.1, 0.15) is 5.82 Å². The minimum Gasteiger partial charge on any atom is -0.328 e. The predicted octanol–water partition coefficient (Wildman–Crippen LogP) is 2.46. The molecular formula is C18H21FN4O2S. The average molecular weight is 376 g/mol. The standard InChI is InChI=1S/C18H21FN4O2S/c1-12(13-5-7-14(19)8-6-13)26-10-4-9-23-17(24)15-16(20-11-21(15)2)22(3)18(23)25/h5-8,11-12H,4,9-10H2,1-3H3. The van der Waals surface area contributed by atoms with E-state index in [0.717, 1.165) is 11.3 Å². The molecule has 6 nitrogen and oxygen atoms in total. The number of benzene rings is 1. The molecule has 0 saturated carbocycles. The summed E-state index contributed by atoms with van der Waals surface area (Å²) in [7, 11) is 3.37. The fourth-order valence-electron chi connectivity index (χ4n) is 2.91. The molecule has 0 bridgehead atoms. The van der Waals surface area contributed by atoms with Gasteiger partial charge in [-0.05, 0) is 36.8 Å². The molecular weight excluding hydrogens is 355 g/mol. The van der Waals surface area contributed by atoms with Gasteiger partial charge >= 0.3 is 5.69 Å². The summed E-state index contributed by atoms with van der Waals surface area (Å²) in [4.78, 5) is 29.2. The van der Waals surface area contributed by atoms with Crippen LogP contribution in [0, 0.1) is 5.82 Å². The number of aromatic nitrogens is 4. The lowest BCUT2D eigenvalue weighted by Crippen LogP contribution is -2.39. The fraction of sp³-hybridized carbons (Fsp3) is 0.389. The number of fused-ring (bicyclic) bond motifs is 1. The van der Waals surface area contributed by atoms with Crippen molar-refractivity contribution in [3.63, 3.8) is 0 Å². The highest BCUT2D eigenvalue weighted by Crippen LogP contribution is 2.28. The van der Waals surface area contributed by atoms with Crippen molar-refractivity contribution in [2.45, 2.75) is 25.1 Å². The van der Waals surface area contributed by atoms with E-state index in [1.54, 1.807) is 42.6 Å². The number of imidazole rings is 1. The van der Waals surface area contributed by atoms with Crippen molar-refractivity contribution in [2.24, 2.45) is 14.1 Å². The molecule has 3 rings (SSSR count). The van der Waals surface area contributed by atoms with Crippen LogP contribution >= 0.6 is 11.8 Å². The molecule has 2 heterocycles. The number of hydrogen-bond donors (Lipinski definition) is 0. The normalized spacial score (nSPS) is 12.6. The molecule has 0 spiro atoms. The highest BCUT2D eigenvalue weighted by Gasteiger charge is 2.14. The number of halogens is 1. The first-order valence-electron chi connectivity index (χ1n) is 8.38. The molecule has 138 valence electrons. The summed E-state index contributed by atoms with van der Waals surface area (Å²) < 4.78 is 17.3. The molecule has 0 N–H and O–H groups in total. The van der Waals surface area contributed by atoms with Gasteiger partial charge in [-0.1, -0.05) is 12.1 Å². The highest BCUT2D eigenvalue weighted by atomic mass is 32.2. The maximum atomic E-state index is 13.0. The minimum absolute atomic E-state index is 0.217. The molecule has 0 aliphatic heterocycles. The van der Waals surface area contributed by atoms with Crippen molar-refractivity contribution in [2.75, 3.05) is 5.75 Å². The van der Waals surface area contributed by atoms with Gasteiger partial charge in [0.25, 0.3) is 5.56 Å². The second-order valence-corrected chi connectivity index (χ2v) is 7.69. The van der Waals surface area contributed by atoms with E-state index in [1.807, 2.05) is 0 Å². The lowest BCUT2D eigenvalue weighted by atomic mass is 10.2. The molecule has 0 saturated heterocycles. The van der Waals surface area contributed by atoms with Crippen molar-refractivity contribution >= 4 is 22.9 Å². The van der Waals surface area contributed by atoms with Crippen molar-refractivity contribution in [1.82, 2.24) is 18.7 Å². The second-order valence-electron chi connectivity index (χ2n) is 6.24. The summed E-state index contributed by atoms with van der Waals surface area (Å²) in [6.07, 6.45) is 2.23. The maximum Gasteiger partial charge on any atom is 0.332 e. The third kappa shape index (κ3) is 3.46. The smallest absolute Gasteiger partial charge is 0.328 e. The minimum atomic E-state index is -0.349. The Morgan fingerprint density at radius 2 is 1.88 bits per heavy atom. The predicted molar refractivity (Wildman–Crippen MR) is 102 cm³/mol. The quantitative estimate of drug-likeness (QED) is 0.620. The van der Waals surface area contributed by atoms with Gasteiger partial charge in [0.05, 0.1) is 6.33 Å². The first-order valence-corrected chi connectivity index (χ1v) is 9.43. The number of nitrogens with zero attached hydrogens (tertiary/aromatic N) is 4.